The molecule has 0 amide bonds. The van der Waals surface area contributed by atoms with E-state index in [1.165, 1.54) is 7.05 Å². The number of ketones is 1. The van der Waals surface area contributed by atoms with Gasteiger partial charge in [0.05, 0.1) is 18.0 Å². The monoisotopic (exact) mass is 445 g/mol. The Morgan fingerprint density at radius 1 is 0.968 bits per heavy atom. The van der Waals surface area contributed by atoms with Crippen molar-refractivity contribution in [3.8, 4) is 0 Å². The Morgan fingerprint density at radius 3 is 1.97 bits per heavy atom. The van der Waals surface area contributed by atoms with Crippen LogP contribution in [-0.2, 0) is 16.4 Å². The summed E-state index contributed by atoms with van der Waals surface area (Å²) >= 11 is 0. The maximum Gasteiger partial charge on any atom is 0.211 e. The fourth-order valence-electron chi connectivity index (χ4n) is 4.40. The van der Waals surface area contributed by atoms with Crippen molar-refractivity contribution in [3.63, 3.8) is 0 Å². The predicted molar refractivity (Wildman–Crippen MR) is 121 cm³/mol. The summed E-state index contributed by atoms with van der Waals surface area (Å²) in [4.78, 5) is 12.1. The second kappa shape index (κ2) is 10.0. The molecule has 2 aromatic rings. The highest BCUT2D eigenvalue weighted by molar-refractivity contribution is 7.89. The van der Waals surface area contributed by atoms with Crippen LogP contribution in [0.25, 0.3) is 0 Å². The number of aliphatic hydroxyl groups is 2. The van der Waals surface area contributed by atoms with E-state index < -0.39 is 22.2 Å². The molecule has 6 nitrogen and oxygen atoms in total. The first kappa shape index (κ1) is 23.6. The highest BCUT2D eigenvalue weighted by Crippen LogP contribution is 2.46. The van der Waals surface area contributed by atoms with Gasteiger partial charge in [0.15, 0.2) is 5.78 Å². The van der Waals surface area contributed by atoms with E-state index in [1.54, 1.807) is 12.1 Å². The number of aryl methyl sites for hydroxylation is 1. The predicted octanol–water partition coefficient (Wildman–Crippen LogP) is 2.75. The fraction of sp³-hybridized carbons (Fsp3) is 0.458. The maximum absolute atomic E-state index is 12.1. The number of Topliss-reactive ketones (excluding diaryl/α,β-unsaturated/α-hetero) is 1. The van der Waals surface area contributed by atoms with Gasteiger partial charge in [-0.05, 0) is 36.6 Å². The molecule has 0 saturated heterocycles. The van der Waals surface area contributed by atoms with Crippen molar-refractivity contribution < 1.29 is 23.4 Å². The van der Waals surface area contributed by atoms with Gasteiger partial charge in [0.2, 0.25) is 10.0 Å². The Balaban J connectivity index is 1.80. The molecule has 31 heavy (non-hydrogen) atoms. The van der Waals surface area contributed by atoms with Crippen LogP contribution in [0.5, 0.6) is 0 Å². The zero-order valence-electron chi connectivity index (χ0n) is 18.0. The van der Waals surface area contributed by atoms with Crippen molar-refractivity contribution in [1.29, 1.82) is 0 Å². The lowest BCUT2D eigenvalue weighted by Gasteiger charge is -2.25. The molecule has 0 bridgehead atoms. The first-order valence-corrected chi connectivity index (χ1v) is 12.4. The zero-order chi connectivity index (χ0) is 22.6. The SMILES string of the molecule is CCCC(=O)c1ccc(C2C(c3ccc(CCS(=O)(=O)NC)cc3)[C@H](O)C[C@H]2O)cc1. The van der Waals surface area contributed by atoms with Crippen molar-refractivity contribution in [3.05, 3.63) is 70.8 Å². The van der Waals surface area contributed by atoms with Crippen LogP contribution >= 0.6 is 0 Å². The molecular formula is C24H31NO5S. The van der Waals surface area contributed by atoms with Crippen molar-refractivity contribution in [2.75, 3.05) is 12.8 Å². The second-order valence-electron chi connectivity index (χ2n) is 8.23. The van der Waals surface area contributed by atoms with Gasteiger partial charge in [0, 0.05) is 30.2 Å². The molecule has 0 spiro atoms. The molecule has 1 saturated carbocycles. The summed E-state index contributed by atoms with van der Waals surface area (Å²) in [5.74, 6) is -0.434. The van der Waals surface area contributed by atoms with Gasteiger partial charge in [-0.25, -0.2) is 13.1 Å². The standard InChI is InChI=1S/C24H31NO5S/c1-3-4-20(26)17-9-11-19(12-10-17)24-22(28)15-21(27)23(24)18-7-5-16(6-8-18)13-14-31(29,30)25-2/h5-12,21-25,27-28H,3-4,13-15H2,1-2H3/t21-,22-,23?,24?/m1/s1. The molecule has 0 radical (unpaired) electrons. The summed E-state index contributed by atoms with van der Waals surface area (Å²) < 4.78 is 25.6. The van der Waals surface area contributed by atoms with E-state index in [1.807, 2.05) is 43.3 Å². The van der Waals surface area contributed by atoms with Gasteiger partial charge in [-0.1, -0.05) is 55.5 Å². The zero-order valence-corrected chi connectivity index (χ0v) is 18.8. The topological polar surface area (TPSA) is 104 Å². The fourth-order valence-corrected chi connectivity index (χ4v) is 5.11. The number of carbonyl (C=O) groups is 1. The van der Waals surface area contributed by atoms with Gasteiger partial charge in [-0.15, -0.1) is 0 Å². The van der Waals surface area contributed by atoms with Gasteiger partial charge < -0.3 is 10.2 Å². The van der Waals surface area contributed by atoms with E-state index in [9.17, 15) is 23.4 Å². The first-order valence-electron chi connectivity index (χ1n) is 10.7. The number of sulfonamides is 1. The van der Waals surface area contributed by atoms with Crippen LogP contribution in [0, 0.1) is 0 Å². The third kappa shape index (κ3) is 5.60. The third-order valence-electron chi connectivity index (χ3n) is 6.13. The second-order valence-corrected chi connectivity index (χ2v) is 10.3. The van der Waals surface area contributed by atoms with Gasteiger partial charge in [0.25, 0.3) is 0 Å². The molecule has 3 rings (SSSR count). The van der Waals surface area contributed by atoms with Crippen molar-refractivity contribution in [2.24, 2.45) is 0 Å². The van der Waals surface area contributed by atoms with E-state index in [0.29, 0.717) is 18.4 Å². The normalized spacial score (nSPS) is 23.7. The molecule has 7 heteroatoms. The Hall–Kier alpha value is -2.06. The van der Waals surface area contributed by atoms with Crippen LogP contribution in [0.2, 0.25) is 0 Å². The van der Waals surface area contributed by atoms with Crippen molar-refractivity contribution in [1.82, 2.24) is 4.72 Å². The van der Waals surface area contributed by atoms with E-state index in [4.69, 9.17) is 0 Å². The van der Waals surface area contributed by atoms with Gasteiger partial charge in [-0.2, -0.15) is 0 Å². The largest absolute Gasteiger partial charge is 0.392 e. The van der Waals surface area contributed by atoms with Crippen LogP contribution in [0.3, 0.4) is 0 Å². The number of hydrogen-bond acceptors (Lipinski definition) is 5. The molecule has 3 N–H and O–H groups in total. The Labute approximate surface area is 184 Å². The molecule has 168 valence electrons. The summed E-state index contributed by atoms with van der Waals surface area (Å²) in [6.07, 6.45) is 0.626. The number of rotatable bonds is 9. The van der Waals surface area contributed by atoms with Crippen LogP contribution in [0.1, 0.15) is 65.1 Å². The summed E-state index contributed by atoms with van der Waals surface area (Å²) in [7, 11) is -1.86. The Kier molecular flexibility index (Phi) is 7.64. The molecule has 0 aromatic heterocycles. The molecule has 1 aliphatic rings. The summed E-state index contributed by atoms with van der Waals surface area (Å²) in [6, 6.07) is 14.9. The summed E-state index contributed by atoms with van der Waals surface area (Å²) in [5.41, 5.74) is 3.36. The van der Waals surface area contributed by atoms with E-state index >= 15 is 0 Å². The maximum atomic E-state index is 12.1. The van der Waals surface area contributed by atoms with Crippen molar-refractivity contribution >= 4 is 15.8 Å². The van der Waals surface area contributed by atoms with Gasteiger partial charge in [0.1, 0.15) is 0 Å². The minimum atomic E-state index is -3.26. The molecule has 1 aliphatic carbocycles. The Morgan fingerprint density at radius 2 is 1.48 bits per heavy atom. The lowest BCUT2D eigenvalue weighted by atomic mass is 9.81. The molecule has 2 aromatic carbocycles. The minimum Gasteiger partial charge on any atom is -0.392 e. The van der Waals surface area contributed by atoms with Gasteiger partial charge in [-0.3, -0.25) is 4.79 Å². The first-order chi connectivity index (χ1) is 14.8. The quantitative estimate of drug-likeness (QED) is 0.515. The smallest absolute Gasteiger partial charge is 0.211 e. The molecule has 2 unspecified atom stereocenters. The average molecular weight is 446 g/mol. The third-order valence-corrected chi connectivity index (χ3v) is 7.49. The average Bonchev–Trinajstić information content (AvgIpc) is 3.06. The molecule has 0 heterocycles. The number of aliphatic hydroxyl groups excluding tert-OH is 2. The molecule has 0 aliphatic heterocycles. The molecule has 4 atom stereocenters. The Bertz CT molecular complexity index is 986. The number of hydrogen-bond donors (Lipinski definition) is 3. The summed E-state index contributed by atoms with van der Waals surface area (Å²) in [5, 5.41) is 21.3. The highest BCUT2D eigenvalue weighted by Gasteiger charge is 2.43. The van der Waals surface area contributed by atoms with Gasteiger partial charge >= 0.3 is 0 Å². The number of carbonyl (C=O) groups excluding carboxylic acids is 1. The van der Waals surface area contributed by atoms with E-state index in [-0.39, 0.29) is 29.8 Å². The lowest BCUT2D eigenvalue weighted by Crippen LogP contribution is -2.23. The number of benzene rings is 2. The van der Waals surface area contributed by atoms with Crippen LogP contribution in [0.15, 0.2) is 48.5 Å². The number of nitrogens with one attached hydrogen (secondary N) is 1. The van der Waals surface area contributed by atoms with Crippen LogP contribution < -0.4 is 4.72 Å². The van der Waals surface area contributed by atoms with Crippen LogP contribution in [0.4, 0.5) is 0 Å². The molecular weight excluding hydrogens is 414 g/mol. The highest BCUT2D eigenvalue weighted by atomic mass is 32.2. The van der Waals surface area contributed by atoms with E-state index in [0.717, 1.165) is 23.1 Å². The van der Waals surface area contributed by atoms with E-state index in [2.05, 4.69) is 4.72 Å². The lowest BCUT2D eigenvalue weighted by molar-refractivity contribution is 0.0981. The van der Waals surface area contributed by atoms with Crippen LogP contribution in [-0.4, -0.2) is 49.4 Å². The van der Waals surface area contributed by atoms with Crippen molar-refractivity contribution in [2.45, 2.75) is 56.7 Å². The molecule has 1 fully saturated rings. The minimum absolute atomic E-state index is 0.0132. The summed E-state index contributed by atoms with van der Waals surface area (Å²) in [6.45, 7) is 1.97.